The van der Waals surface area contributed by atoms with Crippen molar-refractivity contribution in [3.8, 4) is 0 Å². The lowest BCUT2D eigenvalue weighted by atomic mass is 10.0. The van der Waals surface area contributed by atoms with Gasteiger partial charge in [-0.3, -0.25) is 9.59 Å². The number of hydrogen-bond acceptors (Lipinski definition) is 4. The van der Waals surface area contributed by atoms with Crippen molar-refractivity contribution in [1.82, 2.24) is 10.6 Å². The van der Waals surface area contributed by atoms with Crippen LogP contribution in [0.3, 0.4) is 0 Å². The second-order valence-corrected chi connectivity index (χ2v) is 6.56. The van der Waals surface area contributed by atoms with E-state index in [2.05, 4.69) is 15.4 Å². The van der Waals surface area contributed by atoms with Gasteiger partial charge in [-0.2, -0.15) is 0 Å². The minimum atomic E-state index is -0.408. The van der Waals surface area contributed by atoms with Gasteiger partial charge in [0.15, 0.2) is 0 Å². The molecule has 0 heterocycles. The van der Waals surface area contributed by atoms with Gasteiger partial charge in [0, 0.05) is 6.54 Å². The van der Waals surface area contributed by atoms with Crippen molar-refractivity contribution >= 4 is 28.6 Å². The maximum absolute atomic E-state index is 12.2. The summed E-state index contributed by atoms with van der Waals surface area (Å²) in [5.41, 5.74) is 2.21. The van der Waals surface area contributed by atoms with E-state index >= 15 is 0 Å². The summed E-state index contributed by atoms with van der Waals surface area (Å²) >= 11 is 0. The Kier molecular flexibility index (Phi) is 6.58. The minimum absolute atomic E-state index is 0.0934. The number of hydrogen-bond donors (Lipinski definition) is 2. The van der Waals surface area contributed by atoms with E-state index in [1.807, 2.05) is 42.5 Å². The van der Waals surface area contributed by atoms with Gasteiger partial charge in [0.05, 0.1) is 25.6 Å². The van der Waals surface area contributed by atoms with Crippen LogP contribution in [0.2, 0.25) is 0 Å². The van der Waals surface area contributed by atoms with Crippen molar-refractivity contribution in [2.24, 2.45) is 0 Å². The first-order chi connectivity index (χ1) is 14.1. The van der Waals surface area contributed by atoms with E-state index in [9.17, 15) is 14.4 Å². The number of ether oxygens (including phenoxy) is 1. The van der Waals surface area contributed by atoms with E-state index in [0.29, 0.717) is 12.1 Å². The zero-order valence-corrected chi connectivity index (χ0v) is 16.1. The summed E-state index contributed by atoms with van der Waals surface area (Å²) in [6, 6.07) is 20.5. The molecule has 0 saturated heterocycles. The summed E-state index contributed by atoms with van der Waals surface area (Å²) in [7, 11) is 1.32. The SMILES string of the molecule is COC(=O)c1ccc(CNC(=O)CNC(=O)Cc2cccc3ccccc23)cc1. The molecule has 6 heteroatoms. The number of esters is 1. The normalized spacial score (nSPS) is 10.4. The first-order valence-corrected chi connectivity index (χ1v) is 9.24. The molecule has 0 aromatic heterocycles. The maximum atomic E-state index is 12.2. The van der Waals surface area contributed by atoms with Crippen LogP contribution in [0.25, 0.3) is 10.8 Å². The van der Waals surface area contributed by atoms with E-state index in [1.165, 1.54) is 7.11 Å². The molecule has 0 atom stereocenters. The lowest BCUT2D eigenvalue weighted by molar-refractivity contribution is -0.125. The van der Waals surface area contributed by atoms with Crippen molar-refractivity contribution in [2.75, 3.05) is 13.7 Å². The molecule has 0 saturated carbocycles. The Balaban J connectivity index is 1.46. The topological polar surface area (TPSA) is 84.5 Å². The average molecular weight is 390 g/mol. The number of benzene rings is 3. The molecular weight excluding hydrogens is 368 g/mol. The zero-order valence-electron chi connectivity index (χ0n) is 16.1. The molecule has 0 unspecified atom stereocenters. The predicted molar refractivity (Wildman–Crippen MR) is 110 cm³/mol. The van der Waals surface area contributed by atoms with Gasteiger partial charge in [-0.25, -0.2) is 4.79 Å². The number of carbonyl (C=O) groups excluding carboxylic acids is 3. The number of amides is 2. The van der Waals surface area contributed by atoms with Gasteiger partial charge in [-0.15, -0.1) is 0 Å². The summed E-state index contributed by atoms with van der Waals surface area (Å²) in [5, 5.41) is 7.50. The molecule has 0 aliphatic rings. The summed E-state index contributed by atoms with van der Waals surface area (Å²) in [6.45, 7) is 0.212. The van der Waals surface area contributed by atoms with Crippen LogP contribution in [-0.2, 0) is 27.3 Å². The smallest absolute Gasteiger partial charge is 0.337 e. The molecule has 3 aromatic rings. The van der Waals surface area contributed by atoms with E-state index < -0.39 is 5.97 Å². The Labute approximate surface area is 168 Å². The van der Waals surface area contributed by atoms with Crippen molar-refractivity contribution in [3.63, 3.8) is 0 Å². The number of fused-ring (bicyclic) bond motifs is 1. The fourth-order valence-corrected chi connectivity index (χ4v) is 3.00. The molecule has 0 spiro atoms. The van der Waals surface area contributed by atoms with Crippen LogP contribution in [0.15, 0.2) is 66.7 Å². The fourth-order valence-electron chi connectivity index (χ4n) is 3.00. The average Bonchev–Trinajstić information content (AvgIpc) is 2.76. The standard InChI is InChI=1S/C23H22N2O4/c1-29-23(28)18-11-9-16(10-12-18)14-24-22(27)15-25-21(26)13-19-7-4-6-17-5-2-3-8-20(17)19/h2-12H,13-15H2,1H3,(H,24,27)(H,25,26). The van der Waals surface area contributed by atoms with Crippen LogP contribution in [0.4, 0.5) is 0 Å². The Morgan fingerprint density at radius 1 is 0.828 bits per heavy atom. The van der Waals surface area contributed by atoms with Crippen molar-refractivity contribution in [1.29, 1.82) is 0 Å². The van der Waals surface area contributed by atoms with Gasteiger partial charge < -0.3 is 15.4 Å². The number of nitrogens with one attached hydrogen (secondary N) is 2. The molecular formula is C23H22N2O4. The third kappa shape index (κ3) is 5.42. The lowest BCUT2D eigenvalue weighted by Gasteiger charge is -2.09. The summed E-state index contributed by atoms with van der Waals surface area (Å²) < 4.78 is 4.65. The molecule has 3 rings (SSSR count). The van der Waals surface area contributed by atoms with Gasteiger partial charge in [0.2, 0.25) is 11.8 Å². The highest BCUT2D eigenvalue weighted by Crippen LogP contribution is 2.18. The first kappa shape index (κ1) is 20.1. The second-order valence-electron chi connectivity index (χ2n) is 6.56. The Morgan fingerprint density at radius 2 is 1.55 bits per heavy atom. The minimum Gasteiger partial charge on any atom is -0.465 e. The quantitative estimate of drug-likeness (QED) is 0.608. The van der Waals surface area contributed by atoms with Gasteiger partial charge in [0.25, 0.3) is 0 Å². The van der Waals surface area contributed by atoms with Crippen LogP contribution >= 0.6 is 0 Å². The largest absolute Gasteiger partial charge is 0.465 e. The molecule has 0 aliphatic carbocycles. The highest BCUT2D eigenvalue weighted by molar-refractivity contribution is 5.91. The first-order valence-electron chi connectivity index (χ1n) is 9.24. The summed E-state index contributed by atoms with van der Waals surface area (Å²) in [6.07, 6.45) is 0.212. The Bertz CT molecular complexity index is 1020. The van der Waals surface area contributed by atoms with Gasteiger partial charge in [-0.05, 0) is 34.0 Å². The highest BCUT2D eigenvalue weighted by Gasteiger charge is 2.09. The van der Waals surface area contributed by atoms with Crippen LogP contribution in [0, 0.1) is 0 Å². The molecule has 3 aromatic carbocycles. The maximum Gasteiger partial charge on any atom is 0.337 e. The van der Waals surface area contributed by atoms with Crippen molar-refractivity contribution < 1.29 is 19.1 Å². The summed E-state index contributed by atoms with van der Waals surface area (Å²) in [4.78, 5) is 35.6. The Hall–Kier alpha value is -3.67. The van der Waals surface area contributed by atoms with Crippen LogP contribution in [0.5, 0.6) is 0 Å². The molecule has 0 radical (unpaired) electrons. The van der Waals surface area contributed by atoms with Crippen LogP contribution < -0.4 is 10.6 Å². The fraction of sp³-hybridized carbons (Fsp3) is 0.174. The second kappa shape index (κ2) is 9.50. The molecule has 148 valence electrons. The van der Waals surface area contributed by atoms with Gasteiger partial charge in [0.1, 0.15) is 0 Å². The molecule has 2 amide bonds. The third-order valence-electron chi connectivity index (χ3n) is 4.54. The van der Waals surface area contributed by atoms with E-state index in [1.54, 1.807) is 24.3 Å². The van der Waals surface area contributed by atoms with E-state index in [0.717, 1.165) is 21.9 Å². The molecule has 2 N–H and O–H groups in total. The van der Waals surface area contributed by atoms with E-state index in [-0.39, 0.29) is 24.8 Å². The van der Waals surface area contributed by atoms with E-state index in [4.69, 9.17) is 0 Å². The monoisotopic (exact) mass is 390 g/mol. The number of rotatable bonds is 7. The van der Waals surface area contributed by atoms with Gasteiger partial charge >= 0.3 is 5.97 Å². The van der Waals surface area contributed by atoms with Gasteiger partial charge in [-0.1, -0.05) is 54.6 Å². The number of methoxy groups -OCH3 is 1. The molecule has 6 nitrogen and oxygen atoms in total. The molecule has 29 heavy (non-hydrogen) atoms. The Morgan fingerprint density at radius 3 is 2.31 bits per heavy atom. The summed E-state index contributed by atoms with van der Waals surface area (Å²) in [5.74, 6) is -0.901. The van der Waals surface area contributed by atoms with Crippen LogP contribution in [0.1, 0.15) is 21.5 Å². The molecule has 0 bridgehead atoms. The van der Waals surface area contributed by atoms with Crippen molar-refractivity contribution in [2.45, 2.75) is 13.0 Å². The van der Waals surface area contributed by atoms with Crippen LogP contribution in [-0.4, -0.2) is 31.4 Å². The third-order valence-corrected chi connectivity index (χ3v) is 4.54. The highest BCUT2D eigenvalue weighted by atomic mass is 16.5. The predicted octanol–water partition coefficient (Wildman–Crippen LogP) is 2.60. The molecule has 0 fully saturated rings. The molecule has 0 aliphatic heterocycles. The lowest BCUT2D eigenvalue weighted by Crippen LogP contribution is -2.37. The number of carbonyl (C=O) groups is 3. The van der Waals surface area contributed by atoms with Crippen molar-refractivity contribution in [3.05, 3.63) is 83.4 Å². The zero-order chi connectivity index (χ0) is 20.6.